The van der Waals surface area contributed by atoms with Crippen LogP contribution in [0.1, 0.15) is 17.9 Å². The van der Waals surface area contributed by atoms with Crippen LogP contribution < -0.4 is 5.32 Å². The fraction of sp³-hybridized carbons (Fsp3) is 0.400. The Morgan fingerprint density at radius 3 is 3.03 bits per heavy atom. The molecule has 10 heteroatoms. The van der Waals surface area contributed by atoms with E-state index in [-0.39, 0.29) is 24.9 Å². The number of nitrogens with one attached hydrogen (secondary N) is 2. The summed E-state index contributed by atoms with van der Waals surface area (Å²) in [6.45, 7) is 3.74. The summed E-state index contributed by atoms with van der Waals surface area (Å²) >= 11 is 5.98. The average Bonchev–Trinajstić information content (AvgIpc) is 3.35. The van der Waals surface area contributed by atoms with Crippen LogP contribution in [-0.4, -0.2) is 62.3 Å². The number of imidazole rings is 1. The summed E-state index contributed by atoms with van der Waals surface area (Å²) in [5.74, 6) is 0.341. The smallest absolute Gasteiger partial charge is 0.251 e. The molecule has 0 saturated carbocycles. The second-order valence-electron chi connectivity index (χ2n) is 7.21. The van der Waals surface area contributed by atoms with Crippen molar-refractivity contribution in [3.8, 4) is 0 Å². The number of aryl methyl sites for hydroxylation is 2. The van der Waals surface area contributed by atoms with E-state index in [0.29, 0.717) is 37.0 Å². The first kappa shape index (κ1) is 20.4. The second-order valence-corrected chi connectivity index (χ2v) is 7.64. The third kappa shape index (κ3) is 4.63. The average molecular weight is 431 g/mol. The Hall–Kier alpha value is -2.91. The number of halogens is 1. The number of rotatable bonds is 6. The predicted molar refractivity (Wildman–Crippen MR) is 111 cm³/mol. The Kier molecular flexibility index (Phi) is 6.01. The molecule has 9 nitrogen and oxygen atoms in total. The minimum Gasteiger partial charge on any atom is -0.365 e. The lowest BCUT2D eigenvalue weighted by Crippen LogP contribution is -2.51. The zero-order valence-electron chi connectivity index (χ0n) is 16.6. The van der Waals surface area contributed by atoms with Crippen LogP contribution in [0.25, 0.3) is 11.0 Å². The van der Waals surface area contributed by atoms with Crippen molar-refractivity contribution in [1.82, 2.24) is 30.0 Å². The van der Waals surface area contributed by atoms with Crippen molar-refractivity contribution < 1.29 is 14.3 Å². The van der Waals surface area contributed by atoms with Crippen LogP contribution in [0, 0.1) is 6.92 Å². The summed E-state index contributed by atoms with van der Waals surface area (Å²) in [5, 5.41) is 7.63. The molecule has 0 spiro atoms. The van der Waals surface area contributed by atoms with Gasteiger partial charge in [-0.2, -0.15) is 5.10 Å². The zero-order chi connectivity index (χ0) is 21.1. The van der Waals surface area contributed by atoms with Crippen molar-refractivity contribution in [3.05, 3.63) is 47.0 Å². The van der Waals surface area contributed by atoms with Crippen molar-refractivity contribution in [3.63, 3.8) is 0 Å². The zero-order valence-corrected chi connectivity index (χ0v) is 17.4. The maximum absolute atomic E-state index is 12.6. The quantitative estimate of drug-likeness (QED) is 0.618. The summed E-state index contributed by atoms with van der Waals surface area (Å²) in [7, 11) is 0. The molecular formula is C20H23ClN6O3. The molecule has 4 rings (SSSR count). The maximum Gasteiger partial charge on any atom is 0.251 e. The first-order valence-corrected chi connectivity index (χ1v) is 10.2. The van der Waals surface area contributed by atoms with E-state index in [1.165, 1.54) is 0 Å². The maximum atomic E-state index is 12.6. The number of nitrogens with zero attached hydrogens (tertiary/aromatic N) is 4. The topological polar surface area (TPSA) is 105 Å². The lowest BCUT2D eigenvalue weighted by molar-refractivity contribution is -0.147. The monoisotopic (exact) mass is 430 g/mol. The molecule has 1 aliphatic rings. The van der Waals surface area contributed by atoms with Gasteiger partial charge in [-0.25, -0.2) is 4.98 Å². The Labute approximate surface area is 178 Å². The SMILES string of the molecule is Cc1ccnn1CCC(=O)N1CCOC(C(=O)NCc2nc3ccc(Cl)cc3[nH]2)C1. The number of aromatic nitrogens is 4. The summed E-state index contributed by atoms with van der Waals surface area (Å²) in [5.41, 5.74) is 2.60. The fourth-order valence-electron chi connectivity index (χ4n) is 3.43. The number of amides is 2. The molecule has 2 N–H and O–H groups in total. The number of benzene rings is 1. The van der Waals surface area contributed by atoms with Crippen LogP contribution in [0.15, 0.2) is 30.5 Å². The molecule has 0 bridgehead atoms. The van der Waals surface area contributed by atoms with Gasteiger partial charge in [-0.05, 0) is 31.2 Å². The molecule has 1 saturated heterocycles. The van der Waals surface area contributed by atoms with Crippen LogP contribution in [0.5, 0.6) is 0 Å². The van der Waals surface area contributed by atoms with Crippen LogP contribution in [0.2, 0.25) is 5.02 Å². The van der Waals surface area contributed by atoms with Crippen molar-refractivity contribution in [2.24, 2.45) is 0 Å². The standard InChI is InChI=1S/C20H23ClN6O3/c1-13-4-6-23-27(13)7-5-19(28)26-8-9-30-17(12-26)20(29)22-11-18-24-15-3-2-14(21)10-16(15)25-18/h2-4,6,10,17H,5,7-9,11-12H2,1H3,(H,22,29)(H,24,25). The van der Waals surface area contributed by atoms with E-state index in [1.54, 1.807) is 27.9 Å². The van der Waals surface area contributed by atoms with E-state index < -0.39 is 6.10 Å². The van der Waals surface area contributed by atoms with Crippen LogP contribution in [-0.2, 0) is 27.4 Å². The normalized spacial score (nSPS) is 16.7. The highest BCUT2D eigenvalue weighted by atomic mass is 35.5. The predicted octanol–water partition coefficient (Wildman–Crippen LogP) is 1.66. The molecule has 3 heterocycles. The van der Waals surface area contributed by atoms with E-state index in [9.17, 15) is 9.59 Å². The van der Waals surface area contributed by atoms with E-state index in [1.807, 2.05) is 19.1 Å². The van der Waals surface area contributed by atoms with Crippen molar-refractivity contribution >= 4 is 34.4 Å². The fourth-order valence-corrected chi connectivity index (χ4v) is 3.60. The van der Waals surface area contributed by atoms with Gasteiger partial charge in [0.25, 0.3) is 5.91 Å². The minimum absolute atomic E-state index is 0.0137. The van der Waals surface area contributed by atoms with Crippen molar-refractivity contribution in [2.75, 3.05) is 19.7 Å². The number of morpholine rings is 1. The van der Waals surface area contributed by atoms with Gasteiger partial charge < -0.3 is 19.9 Å². The van der Waals surface area contributed by atoms with Gasteiger partial charge in [-0.15, -0.1) is 0 Å². The van der Waals surface area contributed by atoms with E-state index in [4.69, 9.17) is 16.3 Å². The molecule has 1 aliphatic heterocycles. The number of ether oxygens (including phenoxy) is 1. The van der Waals surface area contributed by atoms with E-state index >= 15 is 0 Å². The lowest BCUT2D eigenvalue weighted by Gasteiger charge is -2.32. The molecule has 158 valence electrons. The highest BCUT2D eigenvalue weighted by molar-refractivity contribution is 6.31. The van der Waals surface area contributed by atoms with Gasteiger partial charge in [-0.3, -0.25) is 14.3 Å². The molecule has 30 heavy (non-hydrogen) atoms. The summed E-state index contributed by atoms with van der Waals surface area (Å²) in [6, 6.07) is 7.27. The summed E-state index contributed by atoms with van der Waals surface area (Å²) in [4.78, 5) is 34.3. The molecule has 3 aromatic rings. The largest absolute Gasteiger partial charge is 0.365 e. The van der Waals surface area contributed by atoms with Crippen LogP contribution in [0.3, 0.4) is 0 Å². The highest BCUT2D eigenvalue weighted by Crippen LogP contribution is 2.17. The third-order valence-corrected chi connectivity index (χ3v) is 5.34. The van der Waals surface area contributed by atoms with Gasteiger partial charge in [-0.1, -0.05) is 11.6 Å². The van der Waals surface area contributed by atoms with Crippen LogP contribution >= 0.6 is 11.6 Å². The van der Waals surface area contributed by atoms with Crippen molar-refractivity contribution in [2.45, 2.75) is 32.5 Å². The summed E-state index contributed by atoms with van der Waals surface area (Å²) < 4.78 is 7.38. The van der Waals surface area contributed by atoms with E-state index in [2.05, 4.69) is 20.4 Å². The number of aromatic amines is 1. The number of carbonyl (C=O) groups excluding carboxylic acids is 2. The molecular weight excluding hydrogens is 408 g/mol. The molecule has 0 radical (unpaired) electrons. The molecule has 2 amide bonds. The molecule has 2 aromatic heterocycles. The Bertz CT molecular complexity index is 1060. The first-order valence-electron chi connectivity index (χ1n) is 9.79. The number of fused-ring (bicyclic) bond motifs is 1. The molecule has 1 aromatic carbocycles. The number of hydrogen-bond acceptors (Lipinski definition) is 5. The van der Waals surface area contributed by atoms with Gasteiger partial charge in [0.2, 0.25) is 5.91 Å². The van der Waals surface area contributed by atoms with Gasteiger partial charge in [0.15, 0.2) is 6.10 Å². The molecule has 1 unspecified atom stereocenters. The molecule has 1 atom stereocenters. The molecule has 1 fully saturated rings. The minimum atomic E-state index is -0.701. The Morgan fingerprint density at radius 1 is 1.37 bits per heavy atom. The summed E-state index contributed by atoms with van der Waals surface area (Å²) in [6.07, 6.45) is 1.34. The number of carbonyl (C=O) groups is 2. The number of hydrogen-bond donors (Lipinski definition) is 2. The third-order valence-electron chi connectivity index (χ3n) is 5.10. The first-order chi connectivity index (χ1) is 14.5. The van der Waals surface area contributed by atoms with Crippen molar-refractivity contribution in [1.29, 1.82) is 0 Å². The van der Waals surface area contributed by atoms with Gasteiger partial charge >= 0.3 is 0 Å². The Morgan fingerprint density at radius 2 is 2.23 bits per heavy atom. The Balaban J connectivity index is 1.29. The second kappa shape index (κ2) is 8.85. The lowest BCUT2D eigenvalue weighted by atomic mass is 10.2. The van der Waals surface area contributed by atoms with E-state index in [0.717, 1.165) is 16.7 Å². The van der Waals surface area contributed by atoms with Gasteiger partial charge in [0.05, 0.1) is 30.7 Å². The molecule has 0 aliphatic carbocycles. The number of H-pyrrole nitrogens is 1. The van der Waals surface area contributed by atoms with Gasteiger partial charge in [0, 0.05) is 36.4 Å². The van der Waals surface area contributed by atoms with Gasteiger partial charge in [0.1, 0.15) is 5.82 Å². The highest BCUT2D eigenvalue weighted by Gasteiger charge is 2.29. The van der Waals surface area contributed by atoms with Crippen LogP contribution in [0.4, 0.5) is 0 Å².